The molecule has 1 N–H and O–H groups in total. The van der Waals surface area contributed by atoms with Gasteiger partial charge in [0, 0.05) is 30.7 Å². The first-order valence-electron chi connectivity index (χ1n) is 7.98. The van der Waals surface area contributed by atoms with Gasteiger partial charge in [-0.2, -0.15) is 0 Å². The third kappa shape index (κ3) is 3.03. The van der Waals surface area contributed by atoms with Gasteiger partial charge >= 0.3 is 0 Å². The van der Waals surface area contributed by atoms with Crippen molar-refractivity contribution in [2.45, 2.75) is 39.3 Å². The minimum absolute atomic E-state index is 0.483. The van der Waals surface area contributed by atoms with Gasteiger partial charge in [0.2, 0.25) is 0 Å². The highest BCUT2D eigenvalue weighted by molar-refractivity contribution is 5.94. The number of fused-ring (bicyclic) bond motifs is 1. The Hall–Kier alpha value is -1.61. The van der Waals surface area contributed by atoms with Crippen LogP contribution in [0.1, 0.15) is 32.3 Å². The van der Waals surface area contributed by atoms with Crippen molar-refractivity contribution in [2.24, 2.45) is 5.92 Å². The van der Waals surface area contributed by atoms with E-state index in [-0.39, 0.29) is 0 Å². The Morgan fingerprint density at radius 2 is 1.95 bits per heavy atom. The Labute approximate surface area is 127 Å². The number of rotatable bonds is 6. The maximum Gasteiger partial charge on any atom is 0.136 e. The fraction of sp³-hybridized carbons (Fsp3) is 0.500. The molecule has 0 unspecified atom stereocenters. The second kappa shape index (κ2) is 6.02. The number of hydrogen-bond acceptors (Lipinski definition) is 3. The lowest BCUT2D eigenvalue weighted by atomic mass is 10.1. The molecule has 1 saturated carbocycles. The predicted molar refractivity (Wildman–Crippen MR) is 89.7 cm³/mol. The zero-order valence-electron chi connectivity index (χ0n) is 13.3. The monoisotopic (exact) mass is 283 g/mol. The average molecular weight is 283 g/mol. The largest absolute Gasteiger partial charge is 0.353 e. The van der Waals surface area contributed by atoms with E-state index in [9.17, 15) is 0 Å². The van der Waals surface area contributed by atoms with E-state index in [4.69, 9.17) is 4.98 Å². The van der Waals surface area contributed by atoms with Gasteiger partial charge in [-0.15, -0.1) is 0 Å². The summed E-state index contributed by atoms with van der Waals surface area (Å²) in [7, 11) is 1.98. The third-order valence-electron chi connectivity index (χ3n) is 4.27. The summed E-state index contributed by atoms with van der Waals surface area (Å²) in [6.07, 6.45) is 4.79. The van der Waals surface area contributed by atoms with Crippen molar-refractivity contribution in [3.63, 3.8) is 0 Å². The molecule has 3 heteroatoms. The van der Waals surface area contributed by atoms with Crippen LogP contribution >= 0.6 is 0 Å². The molecule has 112 valence electrons. The van der Waals surface area contributed by atoms with Crippen molar-refractivity contribution < 1.29 is 0 Å². The minimum atomic E-state index is 0.483. The molecule has 0 atom stereocenters. The maximum atomic E-state index is 4.81. The van der Waals surface area contributed by atoms with Crippen LogP contribution in [0.25, 0.3) is 10.8 Å². The van der Waals surface area contributed by atoms with Crippen molar-refractivity contribution in [3.05, 3.63) is 36.0 Å². The molecule has 1 heterocycles. The van der Waals surface area contributed by atoms with Gasteiger partial charge in [-0.25, -0.2) is 4.98 Å². The molecular weight excluding hydrogens is 258 g/mol. The number of hydrogen-bond donors (Lipinski definition) is 1. The molecule has 0 amide bonds. The first-order valence-corrected chi connectivity index (χ1v) is 7.98. The summed E-state index contributed by atoms with van der Waals surface area (Å²) in [6, 6.07) is 9.14. The van der Waals surface area contributed by atoms with E-state index in [0.717, 1.165) is 24.8 Å². The van der Waals surface area contributed by atoms with Crippen molar-refractivity contribution >= 4 is 16.6 Å². The summed E-state index contributed by atoms with van der Waals surface area (Å²) >= 11 is 0. The summed E-state index contributed by atoms with van der Waals surface area (Å²) in [5, 5.41) is 5.83. The van der Waals surface area contributed by atoms with Gasteiger partial charge in [-0.05, 0) is 50.6 Å². The summed E-state index contributed by atoms with van der Waals surface area (Å²) in [4.78, 5) is 7.29. The van der Waals surface area contributed by atoms with Gasteiger partial charge in [0.1, 0.15) is 5.82 Å². The Morgan fingerprint density at radius 3 is 2.57 bits per heavy atom. The van der Waals surface area contributed by atoms with Crippen molar-refractivity contribution in [1.29, 1.82) is 0 Å². The molecule has 0 spiro atoms. The third-order valence-corrected chi connectivity index (χ3v) is 4.27. The van der Waals surface area contributed by atoms with Crippen LogP contribution in [0.15, 0.2) is 30.5 Å². The van der Waals surface area contributed by atoms with Gasteiger partial charge in [-0.1, -0.05) is 24.3 Å². The van der Waals surface area contributed by atoms with Gasteiger partial charge < -0.3 is 10.2 Å². The lowest BCUT2D eigenvalue weighted by Gasteiger charge is -2.29. The van der Waals surface area contributed by atoms with Gasteiger partial charge in [-0.3, -0.25) is 0 Å². The molecular formula is C18H25N3. The number of benzene rings is 1. The molecule has 0 aliphatic heterocycles. The number of anilines is 1. The Bertz CT molecular complexity index is 617. The molecule has 1 fully saturated rings. The van der Waals surface area contributed by atoms with E-state index >= 15 is 0 Å². The zero-order chi connectivity index (χ0) is 14.8. The predicted octanol–water partition coefficient (Wildman–Crippen LogP) is 3.58. The zero-order valence-corrected chi connectivity index (χ0v) is 13.3. The number of pyridine rings is 1. The summed E-state index contributed by atoms with van der Waals surface area (Å²) in [5.41, 5.74) is 1.27. The van der Waals surface area contributed by atoms with Crippen LogP contribution < -0.4 is 10.2 Å². The highest BCUT2D eigenvalue weighted by atomic mass is 15.2. The second-order valence-corrected chi connectivity index (χ2v) is 6.37. The van der Waals surface area contributed by atoms with E-state index in [1.54, 1.807) is 0 Å². The molecule has 21 heavy (non-hydrogen) atoms. The van der Waals surface area contributed by atoms with E-state index in [0.29, 0.717) is 6.04 Å². The lowest BCUT2D eigenvalue weighted by molar-refractivity contribution is 0.639. The fourth-order valence-electron chi connectivity index (χ4n) is 2.92. The summed E-state index contributed by atoms with van der Waals surface area (Å²) in [5.74, 6) is 2.01. The number of nitrogens with one attached hydrogen (secondary N) is 1. The lowest BCUT2D eigenvalue weighted by Crippen LogP contribution is -2.33. The Morgan fingerprint density at radius 1 is 1.24 bits per heavy atom. The highest BCUT2D eigenvalue weighted by Crippen LogP contribution is 2.34. The molecule has 2 aromatic rings. The number of nitrogens with zero attached hydrogens (tertiary/aromatic N) is 2. The second-order valence-electron chi connectivity index (χ2n) is 6.37. The molecule has 1 aromatic heterocycles. The summed E-state index contributed by atoms with van der Waals surface area (Å²) < 4.78 is 0. The molecule has 0 saturated heterocycles. The van der Waals surface area contributed by atoms with Gasteiger partial charge in [0.05, 0.1) is 0 Å². The van der Waals surface area contributed by atoms with E-state index in [1.807, 2.05) is 13.2 Å². The smallest absolute Gasteiger partial charge is 0.136 e. The Balaban J connectivity index is 2.06. The maximum absolute atomic E-state index is 4.81. The van der Waals surface area contributed by atoms with E-state index in [1.165, 1.54) is 29.2 Å². The number of aromatic nitrogens is 1. The molecule has 3 rings (SSSR count). The first-order chi connectivity index (χ1) is 10.2. The van der Waals surface area contributed by atoms with E-state index in [2.05, 4.69) is 48.3 Å². The van der Waals surface area contributed by atoms with Crippen molar-refractivity contribution in [3.8, 4) is 0 Å². The topological polar surface area (TPSA) is 28.2 Å². The highest BCUT2D eigenvalue weighted by Gasteiger charge is 2.27. The molecule has 3 nitrogen and oxygen atoms in total. The minimum Gasteiger partial charge on any atom is -0.353 e. The van der Waals surface area contributed by atoms with Gasteiger partial charge in [0.25, 0.3) is 0 Å². The molecule has 1 aliphatic rings. The SMILES string of the molecule is CNCc1cnc(N(CC2CC2)C(C)C)c2ccccc12. The Kier molecular flexibility index (Phi) is 4.11. The van der Waals surface area contributed by atoms with E-state index < -0.39 is 0 Å². The molecule has 0 bridgehead atoms. The van der Waals surface area contributed by atoms with Gasteiger partial charge in [0.15, 0.2) is 0 Å². The average Bonchev–Trinajstić information content (AvgIpc) is 3.30. The fourth-order valence-corrected chi connectivity index (χ4v) is 2.92. The van der Waals surface area contributed by atoms with Crippen LogP contribution in [0, 0.1) is 5.92 Å². The molecule has 1 aromatic carbocycles. The van der Waals surface area contributed by atoms with Crippen molar-refractivity contribution in [1.82, 2.24) is 10.3 Å². The molecule has 0 radical (unpaired) electrons. The van der Waals surface area contributed by atoms with Crippen LogP contribution in [-0.2, 0) is 6.54 Å². The van der Waals surface area contributed by atoms with Crippen molar-refractivity contribution in [2.75, 3.05) is 18.5 Å². The first kappa shape index (κ1) is 14.3. The summed E-state index contributed by atoms with van der Waals surface area (Å²) in [6.45, 7) is 6.53. The quantitative estimate of drug-likeness (QED) is 0.878. The van der Waals surface area contributed by atoms with Crippen LogP contribution in [0.2, 0.25) is 0 Å². The standard InChI is InChI=1S/C18H25N3/c1-13(2)21(12-14-8-9-14)18-17-7-5-4-6-16(17)15(10-19-3)11-20-18/h4-7,11,13-14,19H,8-10,12H2,1-3H3. The van der Waals surface area contributed by atoms with Crippen LogP contribution in [-0.4, -0.2) is 24.6 Å². The van der Waals surface area contributed by atoms with Crippen LogP contribution in [0.5, 0.6) is 0 Å². The van der Waals surface area contributed by atoms with Crippen LogP contribution in [0.3, 0.4) is 0 Å². The molecule has 1 aliphatic carbocycles. The van der Waals surface area contributed by atoms with Crippen LogP contribution in [0.4, 0.5) is 5.82 Å². The normalized spacial score (nSPS) is 14.9.